The molecule has 1 aliphatic rings. The number of hydrogen-bond acceptors (Lipinski definition) is 3. The van der Waals surface area contributed by atoms with Gasteiger partial charge in [-0.3, -0.25) is 9.59 Å². The van der Waals surface area contributed by atoms with Crippen molar-refractivity contribution >= 4 is 103 Å². The monoisotopic (exact) mass is 582 g/mol. The molecule has 0 bridgehead atoms. The van der Waals surface area contributed by atoms with Crippen molar-refractivity contribution in [2.45, 2.75) is 10.3 Å². The smallest absolute Gasteiger partial charge is 0.257 e. The average molecular weight is 585 g/mol. The van der Waals surface area contributed by atoms with Gasteiger partial charge in [0.25, 0.3) is 5.91 Å². The van der Waals surface area contributed by atoms with Gasteiger partial charge in [0, 0.05) is 32.0 Å². The first-order valence-corrected chi connectivity index (χ1v) is 13.1. The number of hydrogen-bond donors (Lipinski definition) is 2. The average Bonchev–Trinajstić information content (AvgIpc) is 3.11. The minimum absolute atomic E-state index is 0.215. The predicted octanol–water partition coefficient (Wildman–Crippen LogP) is 8.64. The molecule has 4 nitrogen and oxygen atoms in total. The van der Waals surface area contributed by atoms with E-state index in [1.807, 2.05) is 29.6 Å². The van der Waals surface area contributed by atoms with Crippen LogP contribution in [0.4, 0.5) is 11.4 Å². The molecule has 0 spiro atoms. The number of halogens is 5. The van der Waals surface area contributed by atoms with E-state index >= 15 is 0 Å². The molecule has 10 heteroatoms. The van der Waals surface area contributed by atoms with Crippen LogP contribution in [-0.4, -0.2) is 16.1 Å². The first-order chi connectivity index (χ1) is 16.6. The van der Waals surface area contributed by atoms with Crippen LogP contribution in [0.5, 0.6) is 0 Å². The number of anilines is 2. The van der Waals surface area contributed by atoms with Crippen molar-refractivity contribution in [3.63, 3.8) is 0 Å². The van der Waals surface area contributed by atoms with Crippen LogP contribution in [0.3, 0.4) is 0 Å². The van der Waals surface area contributed by atoms with Crippen molar-refractivity contribution in [2.75, 3.05) is 10.6 Å². The summed E-state index contributed by atoms with van der Waals surface area (Å²) in [6, 6.07) is 17.3. The van der Waals surface area contributed by atoms with Gasteiger partial charge in [0.1, 0.15) is 4.33 Å². The molecule has 0 unspecified atom stereocenters. The van der Waals surface area contributed by atoms with Gasteiger partial charge in [0.05, 0.1) is 16.5 Å². The Balaban J connectivity index is 1.33. The molecule has 0 radical (unpaired) electrons. The third kappa shape index (κ3) is 4.99. The molecular weight excluding hydrogens is 570 g/mol. The van der Waals surface area contributed by atoms with Gasteiger partial charge in [-0.05, 0) is 77.0 Å². The van der Waals surface area contributed by atoms with Crippen molar-refractivity contribution in [1.82, 2.24) is 0 Å². The second-order valence-corrected chi connectivity index (χ2v) is 11.8. The van der Waals surface area contributed by atoms with E-state index in [-0.39, 0.29) is 10.6 Å². The molecule has 178 valence electrons. The van der Waals surface area contributed by atoms with E-state index in [9.17, 15) is 9.59 Å². The Hall–Kier alpha value is -1.99. The maximum Gasteiger partial charge on any atom is 0.257 e. The standard InChI is InChI=1S/C25H15Cl5N2O2S/c26-14-7-13(8-15(27)10-14)21-22(25(21,29)30)24(34)32-17-1-3-19(28)18(11-17)23(33)31-16-2-4-20-12(9-16)5-6-35-20/h1-11,21-22H,(H,31,33)(H,32,34)/t21-,22+/m1/s1. The number of thiophene rings is 1. The molecule has 5 rings (SSSR count). The zero-order valence-electron chi connectivity index (χ0n) is 17.6. The van der Waals surface area contributed by atoms with Crippen molar-refractivity contribution in [3.05, 3.63) is 92.2 Å². The molecule has 3 aromatic carbocycles. The third-order valence-corrected chi connectivity index (χ3v) is 8.37. The largest absolute Gasteiger partial charge is 0.326 e. The molecule has 35 heavy (non-hydrogen) atoms. The second kappa shape index (κ2) is 9.47. The molecule has 0 saturated heterocycles. The number of benzene rings is 3. The van der Waals surface area contributed by atoms with Crippen LogP contribution in [-0.2, 0) is 4.79 Å². The van der Waals surface area contributed by atoms with Gasteiger partial charge >= 0.3 is 0 Å². The van der Waals surface area contributed by atoms with Crippen LogP contribution in [0, 0.1) is 5.92 Å². The molecule has 1 heterocycles. The van der Waals surface area contributed by atoms with Gasteiger partial charge in [-0.25, -0.2) is 0 Å². The Labute approximate surface area is 230 Å². The summed E-state index contributed by atoms with van der Waals surface area (Å²) in [5, 5.41) is 9.75. The zero-order valence-corrected chi connectivity index (χ0v) is 22.2. The first-order valence-electron chi connectivity index (χ1n) is 10.4. The Morgan fingerprint density at radius 1 is 0.829 bits per heavy atom. The number of nitrogens with one attached hydrogen (secondary N) is 2. The molecule has 4 aromatic rings. The maximum atomic E-state index is 13.0. The van der Waals surface area contributed by atoms with Gasteiger partial charge in [-0.1, -0.05) is 34.8 Å². The molecule has 1 aromatic heterocycles. The minimum Gasteiger partial charge on any atom is -0.326 e. The number of alkyl halides is 2. The fraction of sp³-hybridized carbons (Fsp3) is 0.120. The summed E-state index contributed by atoms with van der Waals surface area (Å²) < 4.78 is -0.191. The normalized spacial score (nSPS) is 18.3. The Morgan fingerprint density at radius 2 is 1.51 bits per heavy atom. The SMILES string of the molecule is O=C(Nc1ccc2sccc2c1)c1cc(NC(=O)[C@@H]2[C@@H](c3cc(Cl)cc(Cl)c3)C2(Cl)Cl)ccc1Cl. The highest BCUT2D eigenvalue weighted by Gasteiger charge is 2.67. The van der Waals surface area contributed by atoms with Gasteiger partial charge in [-0.2, -0.15) is 0 Å². The quantitative estimate of drug-likeness (QED) is 0.231. The van der Waals surface area contributed by atoms with Crippen LogP contribution in [0.15, 0.2) is 66.0 Å². The number of rotatable bonds is 5. The summed E-state index contributed by atoms with van der Waals surface area (Å²) >= 11 is 33.0. The Kier molecular flexibility index (Phi) is 6.68. The Bertz CT molecular complexity index is 1470. The zero-order chi connectivity index (χ0) is 24.9. The lowest BCUT2D eigenvalue weighted by Gasteiger charge is -2.10. The summed E-state index contributed by atoms with van der Waals surface area (Å²) in [7, 11) is 0. The van der Waals surface area contributed by atoms with Gasteiger partial charge in [0.15, 0.2) is 0 Å². The van der Waals surface area contributed by atoms with E-state index in [1.54, 1.807) is 41.7 Å². The molecule has 2 amide bonds. The van der Waals surface area contributed by atoms with Crippen LogP contribution in [0.25, 0.3) is 10.1 Å². The van der Waals surface area contributed by atoms with Crippen LogP contribution >= 0.6 is 69.3 Å². The van der Waals surface area contributed by atoms with Gasteiger partial charge in [0.2, 0.25) is 5.91 Å². The number of carbonyl (C=O) groups excluding carboxylic acids is 2. The summed E-state index contributed by atoms with van der Waals surface area (Å²) in [5.74, 6) is -2.01. The van der Waals surface area contributed by atoms with E-state index < -0.39 is 28.0 Å². The van der Waals surface area contributed by atoms with E-state index in [0.717, 1.165) is 10.1 Å². The topological polar surface area (TPSA) is 58.2 Å². The number of carbonyl (C=O) groups is 2. The first kappa shape index (κ1) is 24.7. The highest BCUT2D eigenvalue weighted by Crippen LogP contribution is 2.65. The fourth-order valence-corrected chi connectivity index (χ4v) is 6.41. The highest BCUT2D eigenvalue weighted by atomic mass is 35.5. The van der Waals surface area contributed by atoms with E-state index in [0.29, 0.717) is 27.0 Å². The molecule has 1 aliphatic carbocycles. The molecule has 1 saturated carbocycles. The predicted molar refractivity (Wildman–Crippen MR) is 147 cm³/mol. The van der Waals surface area contributed by atoms with Crippen LogP contribution in [0.2, 0.25) is 15.1 Å². The lowest BCUT2D eigenvalue weighted by Crippen LogP contribution is -2.18. The van der Waals surface area contributed by atoms with E-state index in [4.69, 9.17) is 58.0 Å². The van der Waals surface area contributed by atoms with Gasteiger partial charge < -0.3 is 10.6 Å². The molecule has 0 aliphatic heterocycles. The molecule has 1 fully saturated rings. The number of fused-ring (bicyclic) bond motifs is 1. The van der Waals surface area contributed by atoms with Crippen LogP contribution < -0.4 is 10.6 Å². The Morgan fingerprint density at radius 3 is 2.26 bits per heavy atom. The van der Waals surface area contributed by atoms with Gasteiger partial charge in [-0.15, -0.1) is 34.5 Å². The fourth-order valence-electron chi connectivity index (χ4n) is 4.06. The second-order valence-electron chi connectivity index (χ2n) is 8.14. The summed E-state index contributed by atoms with van der Waals surface area (Å²) in [6.07, 6.45) is 0. The lowest BCUT2D eigenvalue weighted by atomic mass is 10.1. The molecule has 2 N–H and O–H groups in total. The maximum absolute atomic E-state index is 13.0. The van der Waals surface area contributed by atoms with Crippen molar-refractivity contribution in [2.24, 2.45) is 5.92 Å². The highest BCUT2D eigenvalue weighted by molar-refractivity contribution is 7.17. The third-order valence-electron chi connectivity index (χ3n) is 5.77. The van der Waals surface area contributed by atoms with Crippen molar-refractivity contribution in [1.29, 1.82) is 0 Å². The summed E-state index contributed by atoms with van der Waals surface area (Å²) in [5.41, 5.74) is 1.91. The summed E-state index contributed by atoms with van der Waals surface area (Å²) in [4.78, 5) is 25.9. The van der Waals surface area contributed by atoms with Crippen LogP contribution in [0.1, 0.15) is 21.8 Å². The van der Waals surface area contributed by atoms with E-state index in [1.165, 1.54) is 6.07 Å². The number of amides is 2. The summed E-state index contributed by atoms with van der Waals surface area (Å²) in [6.45, 7) is 0. The molecular formula is C25H15Cl5N2O2S. The van der Waals surface area contributed by atoms with Crippen molar-refractivity contribution in [3.8, 4) is 0 Å². The minimum atomic E-state index is -1.31. The molecule has 2 atom stereocenters. The van der Waals surface area contributed by atoms with E-state index in [2.05, 4.69) is 10.6 Å². The lowest BCUT2D eigenvalue weighted by molar-refractivity contribution is -0.117. The van der Waals surface area contributed by atoms with Crippen molar-refractivity contribution < 1.29 is 9.59 Å².